The molecule has 1 aliphatic heterocycles. The van der Waals surface area contributed by atoms with Crippen molar-refractivity contribution < 1.29 is 9.90 Å². The lowest BCUT2D eigenvalue weighted by atomic mass is 9.83. The molecule has 2 unspecified atom stereocenters. The number of aliphatic hydroxyl groups is 1. The van der Waals surface area contributed by atoms with E-state index in [1.807, 2.05) is 13.8 Å². The number of carbonyl (C=O) groups excluding carboxylic acids is 1. The van der Waals surface area contributed by atoms with E-state index in [2.05, 4.69) is 10.6 Å². The molecule has 2 atom stereocenters. The molecular weight excluding hydrogens is 204 g/mol. The highest BCUT2D eigenvalue weighted by molar-refractivity contribution is 5.83. The summed E-state index contributed by atoms with van der Waals surface area (Å²) in [6.45, 7) is 7.71. The van der Waals surface area contributed by atoms with Gasteiger partial charge in [-0.25, -0.2) is 0 Å². The van der Waals surface area contributed by atoms with Gasteiger partial charge in [-0.15, -0.1) is 0 Å². The molecule has 1 fully saturated rings. The Kier molecular flexibility index (Phi) is 4.33. The molecule has 3 N–H and O–H groups in total. The summed E-state index contributed by atoms with van der Waals surface area (Å²) in [5, 5.41) is 16.0. The molecule has 1 rings (SSSR count). The molecule has 1 heterocycles. The summed E-state index contributed by atoms with van der Waals surface area (Å²) in [6.07, 6.45) is 2.38. The first kappa shape index (κ1) is 13.5. The number of carbonyl (C=O) groups is 1. The van der Waals surface area contributed by atoms with E-state index in [-0.39, 0.29) is 11.3 Å². The third-order valence-corrected chi connectivity index (χ3v) is 3.79. The second kappa shape index (κ2) is 5.15. The molecule has 0 aromatic heterocycles. The van der Waals surface area contributed by atoms with Gasteiger partial charge < -0.3 is 15.7 Å². The molecule has 1 saturated heterocycles. The first-order valence-corrected chi connectivity index (χ1v) is 6.17. The van der Waals surface area contributed by atoms with Crippen molar-refractivity contribution in [2.45, 2.75) is 45.6 Å². The first-order chi connectivity index (χ1) is 7.46. The maximum atomic E-state index is 12.1. The Labute approximate surface area is 97.8 Å². The second-order valence-electron chi connectivity index (χ2n) is 5.09. The van der Waals surface area contributed by atoms with Crippen LogP contribution < -0.4 is 10.6 Å². The minimum absolute atomic E-state index is 0.0775. The van der Waals surface area contributed by atoms with E-state index >= 15 is 0 Å². The molecule has 4 heteroatoms. The summed E-state index contributed by atoms with van der Waals surface area (Å²) in [4.78, 5) is 12.1. The van der Waals surface area contributed by atoms with Gasteiger partial charge in [0.15, 0.2) is 0 Å². The number of amides is 1. The van der Waals surface area contributed by atoms with E-state index in [9.17, 15) is 9.90 Å². The van der Waals surface area contributed by atoms with Gasteiger partial charge in [0, 0.05) is 13.1 Å². The molecular formula is C12H24N2O2. The van der Waals surface area contributed by atoms with E-state index in [1.165, 1.54) is 0 Å². The van der Waals surface area contributed by atoms with Gasteiger partial charge in [0.05, 0.1) is 11.0 Å². The van der Waals surface area contributed by atoms with Crippen LogP contribution >= 0.6 is 0 Å². The fraction of sp³-hybridized carbons (Fsp3) is 0.917. The molecule has 0 saturated carbocycles. The molecule has 16 heavy (non-hydrogen) atoms. The fourth-order valence-electron chi connectivity index (χ4n) is 1.98. The minimum atomic E-state index is -0.795. The van der Waals surface area contributed by atoms with Gasteiger partial charge >= 0.3 is 0 Å². The van der Waals surface area contributed by atoms with Crippen LogP contribution in [0.3, 0.4) is 0 Å². The maximum absolute atomic E-state index is 12.1. The van der Waals surface area contributed by atoms with Crippen molar-refractivity contribution in [2.75, 3.05) is 19.6 Å². The predicted octanol–water partition coefficient (Wildman–Crippen LogP) is 0.653. The average Bonchev–Trinajstić information content (AvgIpc) is 2.76. The summed E-state index contributed by atoms with van der Waals surface area (Å²) in [7, 11) is 0. The van der Waals surface area contributed by atoms with Gasteiger partial charge in [0.25, 0.3) is 0 Å². The zero-order valence-electron chi connectivity index (χ0n) is 10.6. The van der Waals surface area contributed by atoms with Crippen molar-refractivity contribution >= 4 is 5.91 Å². The molecule has 0 aromatic rings. The summed E-state index contributed by atoms with van der Waals surface area (Å²) >= 11 is 0. The van der Waals surface area contributed by atoms with Crippen LogP contribution in [0, 0.1) is 5.41 Å². The first-order valence-electron chi connectivity index (χ1n) is 6.17. The highest BCUT2D eigenvalue weighted by Gasteiger charge is 2.39. The fourth-order valence-corrected chi connectivity index (χ4v) is 1.98. The van der Waals surface area contributed by atoms with Crippen molar-refractivity contribution in [1.29, 1.82) is 0 Å². The minimum Gasteiger partial charge on any atom is -0.388 e. The van der Waals surface area contributed by atoms with E-state index in [0.717, 1.165) is 25.9 Å². The second-order valence-corrected chi connectivity index (χ2v) is 5.09. The molecule has 0 bridgehead atoms. The lowest BCUT2D eigenvalue weighted by Crippen LogP contribution is -2.47. The number of rotatable bonds is 5. The Morgan fingerprint density at radius 3 is 2.69 bits per heavy atom. The average molecular weight is 228 g/mol. The normalized spacial score (nSPS) is 28.8. The van der Waals surface area contributed by atoms with Crippen LogP contribution in [0.25, 0.3) is 0 Å². The lowest BCUT2D eigenvalue weighted by molar-refractivity contribution is -0.131. The molecule has 0 aliphatic carbocycles. The van der Waals surface area contributed by atoms with Crippen LogP contribution in [0.15, 0.2) is 0 Å². The van der Waals surface area contributed by atoms with Crippen LogP contribution in [0.2, 0.25) is 0 Å². The van der Waals surface area contributed by atoms with Crippen LogP contribution in [-0.4, -0.2) is 36.2 Å². The topological polar surface area (TPSA) is 61.4 Å². The SMILES string of the molecule is CCC(C)(O)CNC(=O)C1(CC)CCNC1. The summed E-state index contributed by atoms with van der Waals surface area (Å²) in [5.41, 5.74) is -1.06. The van der Waals surface area contributed by atoms with Gasteiger partial charge in [-0.2, -0.15) is 0 Å². The smallest absolute Gasteiger partial charge is 0.227 e. The predicted molar refractivity (Wildman–Crippen MR) is 64.1 cm³/mol. The molecule has 0 aromatic carbocycles. The van der Waals surface area contributed by atoms with Crippen LogP contribution in [-0.2, 0) is 4.79 Å². The lowest BCUT2D eigenvalue weighted by Gasteiger charge is -2.28. The van der Waals surface area contributed by atoms with Crippen molar-refractivity contribution in [3.8, 4) is 0 Å². The molecule has 0 radical (unpaired) electrons. The number of nitrogens with one attached hydrogen (secondary N) is 2. The van der Waals surface area contributed by atoms with Gasteiger partial charge in [-0.05, 0) is 32.7 Å². The van der Waals surface area contributed by atoms with Crippen molar-refractivity contribution in [2.24, 2.45) is 5.41 Å². The molecule has 0 spiro atoms. The highest BCUT2D eigenvalue weighted by Crippen LogP contribution is 2.29. The third-order valence-electron chi connectivity index (χ3n) is 3.79. The van der Waals surface area contributed by atoms with Crippen LogP contribution in [0.1, 0.15) is 40.0 Å². The van der Waals surface area contributed by atoms with Crippen LogP contribution in [0.5, 0.6) is 0 Å². The summed E-state index contributed by atoms with van der Waals surface area (Å²) in [5.74, 6) is 0.0775. The van der Waals surface area contributed by atoms with Gasteiger partial charge in [-0.3, -0.25) is 4.79 Å². The molecule has 1 amide bonds. The number of hydrogen-bond donors (Lipinski definition) is 3. The number of hydrogen-bond acceptors (Lipinski definition) is 3. The van der Waals surface area contributed by atoms with Crippen molar-refractivity contribution in [3.63, 3.8) is 0 Å². The molecule has 4 nitrogen and oxygen atoms in total. The van der Waals surface area contributed by atoms with Crippen molar-refractivity contribution in [3.05, 3.63) is 0 Å². The zero-order valence-corrected chi connectivity index (χ0v) is 10.6. The Balaban J connectivity index is 2.51. The standard InChI is InChI=1S/C12H24N2O2/c1-4-11(3,16)8-14-10(15)12(5-2)6-7-13-9-12/h13,16H,4-9H2,1-3H3,(H,14,15). The monoisotopic (exact) mass is 228 g/mol. The molecule has 1 aliphatic rings. The Hall–Kier alpha value is -0.610. The Bertz CT molecular complexity index is 245. The summed E-state index contributed by atoms with van der Waals surface area (Å²) < 4.78 is 0. The van der Waals surface area contributed by atoms with Gasteiger partial charge in [0.2, 0.25) is 5.91 Å². The highest BCUT2D eigenvalue weighted by atomic mass is 16.3. The van der Waals surface area contributed by atoms with E-state index in [1.54, 1.807) is 6.92 Å². The van der Waals surface area contributed by atoms with Gasteiger partial charge in [0.1, 0.15) is 0 Å². The largest absolute Gasteiger partial charge is 0.388 e. The summed E-state index contributed by atoms with van der Waals surface area (Å²) in [6, 6.07) is 0. The Morgan fingerprint density at radius 2 is 2.25 bits per heavy atom. The molecule has 94 valence electrons. The quantitative estimate of drug-likeness (QED) is 0.647. The van der Waals surface area contributed by atoms with Crippen LogP contribution in [0.4, 0.5) is 0 Å². The van der Waals surface area contributed by atoms with E-state index in [0.29, 0.717) is 13.0 Å². The maximum Gasteiger partial charge on any atom is 0.227 e. The van der Waals surface area contributed by atoms with E-state index in [4.69, 9.17) is 0 Å². The third kappa shape index (κ3) is 2.95. The van der Waals surface area contributed by atoms with Crippen molar-refractivity contribution in [1.82, 2.24) is 10.6 Å². The van der Waals surface area contributed by atoms with Gasteiger partial charge in [-0.1, -0.05) is 13.8 Å². The zero-order chi connectivity index (χ0) is 12.2. The van der Waals surface area contributed by atoms with E-state index < -0.39 is 5.60 Å². The Morgan fingerprint density at radius 1 is 1.56 bits per heavy atom.